The van der Waals surface area contributed by atoms with Gasteiger partial charge in [0.05, 0.1) is 6.54 Å². The number of nitrogens with zero attached hydrogens (tertiary/aromatic N) is 5. The Bertz CT molecular complexity index is 704. The summed E-state index contributed by atoms with van der Waals surface area (Å²) in [6, 6.07) is 3.74. The maximum absolute atomic E-state index is 11.3. The van der Waals surface area contributed by atoms with Gasteiger partial charge in [0.1, 0.15) is 5.69 Å². The molecule has 2 aromatic heterocycles. The number of nitrogens with two attached hydrogens (primary N) is 2. The highest BCUT2D eigenvalue weighted by molar-refractivity contribution is 5.91. The van der Waals surface area contributed by atoms with Crippen LogP contribution in [0.25, 0.3) is 11.4 Å². The molecule has 1 aliphatic carbocycles. The molecular formula is C15H21N7O. The van der Waals surface area contributed by atoms with E-state index in [2.05, 4.69) is 20.4 Å². The molecule has 1 saturated carbocycles. The van der Waals surface area contributed by atoms with Crippen LogP contribution in [-0.4, -0.2) is 37.1 Å². The van der Waals surface area contributed by atoms with Crippen molar-refractivity contribution in [3.05, 3.63) is 23.5 Å². The third kappa shape index (κ3) is 3.70. The molecule has 0 aliphatic heterocycles. The lowest BCUT2D eigenvalue weighted by Crippen LogP contribution is -2.28. The first-order valence-electron chi connectivity index (χ1n) is 7.83. The Morgan fingerprint density at radius 2 is 2.04 bits per heavy atom. The van der Waals surface area contributed by atoms with Crippen molar-refractivity contribution in [1.29, 1.82) is 0 Å². The van der Waals surface area contributed by atoms with E-state index in [0.29, 0.717) is 29.0 Å². The summed E-state index contributed by atoms with van der Waals surface area (Å²) in [6.07, 6.45) is 4.30. The molecule has 1 fully saturated rings. The molecule has 0 spiro atoms. The van der Waals surface area contributed by atoms with E-state index in [-0.39, 0.29) is 5.69 Å². The first-order chi connectivity index (χ1) is 11.0. The van der Waals surface area contributed by atoms with Crippen LogP contribution in [0.15, 0.2) is 12.1 Å². The molecule has 0 atom stereocenters. The van der Waals surface area contributed by atoms with E-state index in [1.54, 1.807) is 17.8 Å². The summed E-state index contributed by atoms with van der Waals surface area (Å²) in [6.45, 7) is 2.54. The number of rotatable bonds is 4. The Balaban J connectivity index is 1.75. The van der Waals surface area contributed by atoms with Crippen molar-refractivity contribution in [3.63, 3.8) is 0 Å². The van der Waals surface area contributed by atoms with Gasteiger partial charge in [-0.05, 0) is 55.9 Å². The van der Waals surface area contributed by atoms with Crippen LogP contribution in [0.4, 0.5) is 0 Å². The molecule has 3 rings (SSSR count). The highest BCUT2D eigenvalue weighted by Gasteiger charge is 2.20. The van der Waals surface area contributed by atoms with Crippen molar-refractivity contribution < 1.29 is 4.79 Å². The molecule has 8 nitrogen and oxygen atoms in total. The first-order valence-corrected chi connectivity index (χ1v) is 7.83. The maximum atomic E-state index is 11.3. The van der Waals surface area contributed by atoms with Gasteiger partial charge >= 0.3 is 0 Å². The van der Waals surface area contributed by atoms with Gasteiger partial charge in [0.2, 0.25) is 5.82 Å². The zero-order chi connectivity index (χ0) is 16.4. The van der Waals surface area contributed by atoms with Gasteiger partial charge in [-0.1, -0.05) is 0 Å². The average Bonchev–Trinajstić information content (AvgIpc) is 2.97. The molecule has 0 bridgehead atoms. The zero-order valence-electron chi connectivity index (χ0n) is 13.1. The number of tetrazole rings is 1. The molecule has 0 radical (unpaired) electrons. The summed E-state index contributed by atoms with van der Waals surface area (Å²) >= 11 is 0. The molecule has 2 heterocycles. The fourth-order valence-electron chi connectivity index (χ4n) is 2.96. The smallest absolute Gasteiger partial charge is 0.267 e. The van der Waals surface area contributed by atoms with Gasteiger partial charge in [0.15, 0.2) is 0 Å². The Morgan fingerprint density at radius 3 is 2.74 bits per heavy atom. The van der Waals surface area contributed by atoms with Crippen LogP contribution in [0.3, 0.4) is 0 Å². The largest absolute Gasteiger partial charge is 0.364 e. The van der Waals surface area contributed by atoms with Gasteiger partial charge in [0, 0.05) is 17.3 Å². The molecule has 8 heteroatoms. The summed E-state index contributed by atoms with van der Waals surface area (Å²) in [4.78, 5) is 17.0. The van der Waals surface area contributed by atoms with E-state index in [9.17, 15) is 4.79 Å². The molecule has 0 aromatic carbocycles. The number of aryl methyl sites for hydroxylation is 1. The minimum atomic E-state index is -0.569. The molecule has 4 N–H and O–H groups in total. The van der Waals surface area contributed by atoms with E-state index < -0.39 is 5.91 Å². The van der Waals surface area contributed by atoms with Gasteiger partial charge in [0.25, 0.3) is 5.91 Å². The minimum Gasteiger partial charge on any atom is -0.364 e. The predicted molar refractivity (Wildman–Crippen MR) is 84.2 cm³/mol. The van der Waals surface area contributed by atoms with E-state index in [1.807, 2.05) is 6.07 Å². The number of pyridine rings is 1. The summed E-state index contributed by atoms with van der Waals surface area (Å²) in [5, 5.41) is 12.6. The zero-order valence-corrected chi connectivity index (χ0v) is 13.1. The molecular weight excluding hydrogens is 294 g/mol. The Labute approximate surface area is 134 Å². The van der Waals surface area contributed by atoms with E-state index in [4.69, 9.17) is 11.5 Å². The van der Waals surface area contributed by atoms with Crippen LogP contribution >= 0.6 is 0 Å². The van der Waals surface area contributed by atoms with Gasteiger partial charge in [-0.3, -0.25) is 4.79 Å². The van der Waals surface area contributed by atoms with Crippen molar-refractivity contribution in [2.45, 2.75) is 45.2 Å². The first kappa shape index (κ1) is 15.5. The summed E-state index contributed by atoms with van der Waals surface area (Å²) in [7, 11) is 0. The lowest BCUT2D eigenvalue weighted by atomic mass is 9.86. The molecule has 1 aliphatic rings. The third-order valence-corrected chi connectivity index (χ3v) is 4.23. The normalized spacial score (nSPS) is 21.3. The minimum absolute atomic E-state index is 0.206. The summed E-state index contributed by atoms with van der Waals surface area (Å²) in [5.41, 5.74) is 12.8. The Kier molecular flexibility index (Phi) is 4.33. The van der Waals surface area contributed by atoms with Crippen molar-refractivity contribution in [1.82, 2.24) is 25.2 Å². The van der Waals surface area contributed by atoms with Crippen molar-refractivity contribution in [2.75, 3.05) is 0 Å². The Hall–Kier alpha value is -2.35. The number of carbonyl (C=O) groups is 1. The molecule has 0 saturated heterocycles. The second-order valence-corrected chi connectivity index (χ2v) is 6.20. The second-order valence-electron chi connectivity index (χ2n) is 6.20. The topological polar surface area (TPSA) is 126 Å². The number of amides is 1. The van der Waals surface area contributed by atoms with Crippen LogP contribution < -0.4 is 11.5 Å². The van der Waals surface area contributed by atoms with Gasteiger partial charge in [-0.2, -0.15) is 4.80 Å². The molecule has 23 heavy (non-hydrogen) atoms. The molecule has 2 aromatic rings. The third-order valence-electron chi connectivity index (χ3n) is 4.23. The fourth-order valence-corrected chi connectivity index (χ4v) is 2.96. The van der Waals surface area contributed by atoms with Crippen LogP contribution in [0.2, 0.25) is 0 Å². The average molecular weight is 315 g/mol. The van der Waals surface area contributed by atoms with Crippen LogP contribution in [0, 0.1) is 12.8 Å². The van der Waals surface area contributed by atoms with E-state index in [0.717, 1.165) is 32.2 Å². The quantitative estimate of drug-likeness (QED) is 0.853. The van der Waals surface area contributed by atoms with E-state index >= 15 is 0 Å². The van der Waals surface area contributed by atoms with Crippen molar-refractivity contribution in [3.8, 4) is 11.4 Å². The number of hydrogen-bond donors (Lipinski definition) is 2. The maximum Gasteiger partial charge on any atom is 0.267 e. The van der Waals surface area contributed by atoms with Crippen LogP contribution in [-0.2, 0) is 6.54 Å². The van der Waals surface area contributed by atoms with E-state index in [1.165, 1.54) is 0 Å². The SMILES string of the molecule is Cc1cc(-c2nnn(CC3CCC(N)CC3)n2)cc(C(N)=O)n1. The number of carbonyl (C=O) groups excluding carboxylic acids is 1. The van der Waals surface area contributed by atoms with Crippen molar-refractivity contribution >= 4 is 5.91 Å². The molecule has 1 amide bonds. The second kappa shape index (κ2) is 6.41. The number of hydrogen-bond acceptors (Lipinski definition) is 6. The van der Waals surface area contributed by atoms with Gasteiger partial charge < -0.3 is 11.5 Å². The number of primary amides is 1. The Morgan fingerprint density at radius 1 is 1.30 bits per heavy atom. The fraction of sp³-hybridized carbons (Fsp3) is 0.533. The molecule has 122 valence electrons. The van der Waals surface area contributed by atoms with Crippen LogP contribution in [0.1, 0.15) is 41.9 Å². The van der Waals surface area contributed by atoms with Crippen LogP contribution in [0.5, 0.6) is 0 Å². The predicted octanol–water partition coefficient (Wildman–Crippen LogP) is 0.660. The van der Waals surface area contributed by atoms with Crippen molar-refractivity contribution in [2.24, 2.45) is 17.4 Å². The van der Waals surface area contributed by atoms with Gasteiger partial charge in [-0.15, -0.1) is 10.2 Å². The standard InChI is InChI=1S/C15H21N7O/c1-9-6-11(7-13(18-9)14(17)23)15-19-21-22(20-15)8-10-2-4-12(16)5-3-10/h6-7,10,12H,2-5,8,16H2,1H3,(H2,17,23). The lowest BCUT2D eigenvalue weighted by Gasteiger charge is -2.25. The monoisotopic (exact) mass is 315 g/mol. The number of aromatic nitrogens is 5. The highest BCUT2D eigenvalue weighted by Crippen LogP contribution is 2.24. The lowest BCUT2D eigenvalue weighted by molar-refractivity contribution is 0.0995. The van der Waals surface area contributed by atoms with Gasteiger partial charge in [-0.25, -0.2) is 4.98 Å². The summed E-state index contributed by atoms with van der Waals surface area (Å²) in [5.74, 6) is 0.448. The highest BCUT2D eigenvalue weighted by atomic mass is 16.1. The summed E-state index contributed by atoms with van der Waals surface area (Å²) < 4.78 is 0. The molecule has 0 unspecified atom stereocenters.